The summed E-state index contributed by atoms with van der Waals surface area (Å²) in [5.41, 5.74) is 0. The molecule has 0 amide bonds. The second-order valence-electron chi connectivity index (χ2n) is 7.69. The molecule has 10 nitrogen and oxygen atoms in total. The quantitative estimate of drug-likeness (QED) is 0.436. The third kappa shape index (κ3) is 6.44. The van der Waals surface area contributed by atoms with Crippen molar-refractivity contribution in [2.24, 2.45) is 0 Å². The molecular formula is C24H26O10. The molecule has 0 spiro atoms. The van der Waals surface area contributed by atoms with Gasteiger partial charge in [-0.1, -0.05) is 30.3 Å². The first kappa shape index (κ1) is 25.0. The fourth-order valence-electron chi connectivity index (χ4n) is 3.66. The van der Waals surface area contributed by atoms with Gasteiger partial charge >= 0.3 is 23.9 Å². The van der Waals surface area contributed by atoms with E-state index in [-0.39, 0.29) is 6.61 Å². The first-order valence-corrected chi connectivity index (χ1v) is 10.6. The van der Waals surface area contributed by atoms with E-state index in [1.165, 1.54) is 13.8 Å². The van der Waals surface area contributed by atoms with Crippen LogP contribution in [0, 0.1) is 0 Å². The lowest BCUT2D eigenvalue weighted by molar-refractivity contribution is -0.288. The highest BCUT2D eigenvalue weighted by Gasteiger charge is 2.53. The summed E-state index contributed by atoms with van der Waals surface area (Å²) in [7, 11) is 0. The van der Waals surface area contributed by atoms with Crippen LogP contribution >= 0.6 is 0 Å². The Balaban J connectivity index is 1.98. The number of carbonyl (C=O) groups excluding carboxylic acids is 4. The Hall–Kier alpha value is -3.66. The van der Waals surface area contributed by atoms with Crippen molar-refractivity contribution in [2.45, 2.75) is 58.4 Å². The van der Waals surface area contributed by atoms with Crippen molar-refractivity contribution in [3.05, 3.63) is 42.5 Å². The van der Waals surface area contributed by atoms with Gasteiger partial charge in [-0.25, -0.2) is 0 Å². The molecule has 0 unspecified atom stereocenters. The molecule has 1 saturated heterocycles. The number of carbonyl (C=O) groups is 4. The van der Waals surface area contributed by atoms with Crippen LogP contribution in [0.15, 0.2) is 42.5 Å². The Kier molecular flexibility index (Phi) is 8.06. The van der Waals surface area contributed by atoms with Gasteiger partial charge in [0, 0.05) is 27.7 Å². The van der Waals surface area contributed by atoms with E-state index >= 15 is 0 Å². The second-order valence-corrected chi connectivity index (χ2v) is 7.69. The van der Waals surface area contributed by atoms with Gasteiger partial charge < -0.3 is 28.4 Å². The normalized spacial score (nSPS) is 24.1. The molecule has 10 heteroatoms. The van der Waals surface area contributed by atoms with E-state index in [0.29, 0.717) is 5.75 Å². The van der Waals surface area contributed by atoms with Crippen molar-refractivity contribution in [2.75, 3.05) is 6.61 Å². The first-order chi connectivity index (χ1) is 16.1. The Bertz CT molecular complexity index is 1060. The minimum atomic E-state index is -1.29. The molecule has 0 aliphatic carbocycles. The second kappa shape index (κ2) is 11.0. The molecule has 0 saturated carbocycles. The molecule has 2 aromatic rings. The topological polar surface area (TPSA) is 124 Å². The van der Waals surface area contributed by atoms with E-state index in [2.05, 4.69) is 0 Å². The molecule has 1 fully saturated rings. The van der Waals surface area contributed by atoms with Gasteiger partial charge in [0.15, 0.2) is 12.2 Å². The monoisotopic (exact) mass is 474 g/mol. The predicted molar refractivity (Wildman–Crippen MR) is 117 cm³/mol. The fraction of sp³-hybridized carbons (Fsp3) is 0.417. The number of benzene rings is 2. The smallest absolute Gasteiger partial charge is 0.303 e. The van der Waals surface area contributed by atoms with Crippen molar-refractivity contribution < 1.29 is 47.6 Å². The highest BCUT2D eigenvalue weighted by Crippen LogP contribution is 2.31. The maximum atomic E-state index is 11.9. The van der Waals surface area contributed by atoms with Gasteiger partial charge in [0.1, 0.15) is 18.5 Å². The molecule has 1 aliphatic heterocycles. The van der Waals surface area contributed by atoms with Crippen molar-refractivity contribution >= 4 is 34.6 Å². The largest absolute Gasteiger partial charge is 0.463 e. The number of fused-ring (bicyclic) bond motifs is 1. The summed E-state index contributed by atoms with van der Waals surface area (Å²) < 4.78 is 33.1. The van der Waals surface area contributed by atoms with Gasteiger partial charge in [0.25, 0.3) is 0 Å². The predicted octanol–water partition coefficient (Wildman–Crippen LogP) is 2.30. The molecule has 0 N–H and O–H groups in total. The van der Waals surface area contributed by atoms with E-state index in [1.807, 2.05) is 30.3 Å². The van der Waals surface area contributed by atoms with E-state index in [1.54, 1.807) is 12.1 Å². The maximum Gasteiger partial charge on any atom is 0.303 e. The molecule has 1 aliphatic rings. The summed E-state index contributed by atoms with van der Waals surface area (Å²) >= 11 is 0. The molecule has 5 atom stereocenters. The van der Waals surface area contributed by atoms with Crippen LogP contribution in [0.1, 0.15) is 27.7 Å². The standard InChI is InChI=1S/C24H26O10/c1-13(25)29-12-20-21(30-14(2)26)22(31-15(3)27)23(32-16(4)28)24(34-20)33-19-10-9-17-7-5-6-8-18(17)11-19/h5-11,20-24H,12H2,1-4H3/t20-,21+,22+,23+,24-/m1/s1. The first-order valence-electron chi connectivity index (χ1n) is 10.6. The average molecular weight is 474 g/mol. The number of ether oxygens (including phenoxy) is 6. The van der Waals surface area contributed by atoms with Crippen molar-refractivity contribution in [1.82, 2.24) is 0 Å². The van der Waals surface area contributed by atoms with E-state index in [9.17, 15) is 19.2 Å². The van der Waals surface area contributed by atoms with Crippen molar-refractivity contribution in [1.29, 1.82) is 0 Å². The van der Waals surface area contributed by atoms with Gasteiger partial charge in [0.2, 0.25) is 12.4 Å². The molecule has 1 heterocycles. The minimum absolute atomic E-state index is 0.324. The summed E-state index contributed by atoms with van der Waals surface area (Å²) in [4.78, 5) is 47.0. The van der Waals surface area contributed by atoms with Crippen LogP contribution in [0.5, 0.6) is 5.75 Å². The average Bonchev–Trinajstić information content (AvgIpc) is 2.75. The summed E-state index contributed by atoms with van der Waals surface area (Å²) in [6.07, 6.45) is -6.16. The molecule has 0 aromatic heterocycles. The Morgan fingerprint density at radius 2 is 1.32 bits per heavy atom. The van der Waals surface area contributed by atoms with Crippen LogP contribution in [0.4, 0.5) is 0 Å². The molecule has 34 heavy (non-hydrogen) atoms. The molecule has 0 radical (unpaired) electrons. The molecular weight excluding hydrogens is 448 g/mol. The Morgan fingerprint density at radius 3 is 1.94 bits per heavy atom. The summed E-state index contributed by atoms with van der Waals surface area (Å²) in [6.45, 7) is 4.37. The third-order valence-corrected chi connectivity index (χ3v) is 4.92. The Labute approximate surface area is 196 Å². The third-order valence-electron chi connectivity index (χ3n) is 4.92. The Morgan fingerprint density at radius 1 is 0.735 bits per heavy atom. The zero-order chi connectivity index (χ0) is 24.8. The summed E-state index contributed by atoms with van der Waals surface area (Å²) in [6, 6.07) is 12.9. The zero-order valence-corrected chi connectivity index (χ0v) is 19.2. The number of hydrogen-bond acceptors (Lipinski definition) is 10. The van der Waals surface area contributed by atoms with E-state index < -0.39 is 54.6 Å². The zero-order valence-electron chi connectivity index (χ0n) is 19.2. The number of hydrogen-bond donors (Lipinski definition) is 0. The molecule has 0 bridgehead atoms. The highest BCUT2D eigenvalue weighted by atomic mass is 16.7. The van der Waals surface area contributed by atoms with Crippen LogP contribution in [0.2, 0.25) is 0 Å². The SMILES string of the molecule is CC(=O)OC[C@H]1O[C@@H](Oc2ccc3ccccc3c2)[C@@H](OC(C)=O)[C@@H](OC(C)=O)[C@H]1OC(C)=O. The van der Waals surface area contributed by atoms with Gasteiger partial charge in [-0.3, -0.25) is 19.2 Å². The van der Waals surface area contributed by atoms with Crippen LogP contribution in [0.25, 0.3) is 10.8 Å². The van der Waals surface area contributed by atoms with Crippen molar-refractivity contribution in [3.8, 4) is 5.75 Å². The number of esters is 4. The maximum absolute atomic E-state index is 11.9. The van der Waals surface area contributed by atoms with E-state index in [0.717, 1.165) is 24.6 Å². The lowest BCUT2D eigenvalue weighted by Crippen LogP contribution is -2.63. The molecule has 3 rings (SSSR count). The van der Waals surface area contributed by atoms with Gasteiger partial charge in [0.05, 0.1) is 0 Å². The molecule has 2 aromatic carbocycles. The van der Waals surface area contributed by atoms with Gasteiger partial charge in [-0.05, 0) is 22.9 Å². The highest BCUT2D eigenvalue weighted by molar-refractivity contribution is 5.83. The van der Waals surface area contributed by atoms with Crippen LogP contribution < -0.4 is 4.74 Å². The van der Waals surface area contributed by atoms with Crippen molar-refractivity contribution in [3.63, 3.8) is 0 Å². The fourth-order valence-corrected chi connectivity index (χ4v) is 3.66. The minimum Gasteiger partial charge on any atom is -0.463 e. The lowest BCUT2D eigenvalue weighted by Gasteiger charge is -2.43. The van der Waals surface area contributed by atoms with Crippen LogP contribution in [0.3, 0.4) is 0 Å². The van der Waals surface area contributed by atoms with Gasteiger partial charge in [-0.15, -0.1) is 0 Å². The van der Waals surface area contributed by atoms with E-state index in [4.69, 9.17) is 28.4 Å². The van der Waals surface area contributed by atoms with Gasteiger partial charge in [-0.2, -0.15) is 0 Å². The lowest BCUT2D eigenvalue weighted by atomic mass is 9.98. The summed E-state index contributed by atoms with van der Waals surface area (Å²) in [5, 5.41) is 1.88. The summed E-state index contributed by atoms with van der Waals surface area (Å²) in [5.74, 6) is -2.31. The number of rotatable bonds is 7. The van der Waals surface area contributed by atoms with Crippen LogP contribution in [-0.2, 0) is 42.9 Å². The van der Waals surface area contributed by atoms with Crippen LogP contribution in [-0.4, -0.2) is 61.2 Å². The molecule has 182 valence electrons.